The maximum atomic E-state index is 14.0. The lowest BCUT2D eigenvalue weighted by atomic mass is 9.82. The van der Waals surface area contributed by atoms with Crippen LogP contribution in [0.5, 0.6) is 11.5 Å². The van der Waals surface area contributed by atoms with Gasteiger partial charge in [-0.15, -0.1) is 0 Å². The van der Waals surface area contributed by atoms with Crippen molar-refractivity contribution in [3.05, 3.63) is 47.4 Å². The van der Waals surface area contributed by atoms with Gasteiger partial charge in [0.2, 0.25) is 0 Å². The topological polar surface area (TPSA) is 151 Å². The van der Waals surface area contributed by atoms with Crippen molar-refractivity contribution in [2.24, 2.45) is 0 Å². The molecular weight excluding hydrogens is 582 g/mol. The molecule has 1 N–H and O–H groups in total. The van der Waals surface area contributed by atoms with E-state index in [1.165, 1.54) is 30.1 Å². The van der Waals surface area contributed by atoms with Gasteiger partial charge in [0.05, 0.1) is 24.7 Å². The zero-order valence-electron chi connectivity index (χ0n) is 27.1. The molecular formula is C32H39N5O8. The lowest BCUT2D eigenvalue weighted by molar-refractivity contribution is -0.165. The van der Waals surface area contributed by atoms with Gasteiger partial charge in [-0.1, -0.05) is 0 Å². The molecule has 2 aliphatic rings. The lowest BCUT2D eigenvalue weighted by Crippen LogP contribution is -2.49. The summed E-state index contributed by atoms with van der Waals surface area (Å²) in [6, 6.07) is 5.01. The van der Waals surface area contributed by atoms with E-state index in [1.54, 1.807) is 47.6 Å². The molecule has 13 nitrogen and oxygen atoms in total. The molecule has 5 rings (SSSR count). The molecule has 2 aromatic heterocycles. The van der Waals surface area contributed by atoms with Gasteiger partial charge >= 0.3 is 12.1 Å². The average Bonchev–Trinajstić information content (AvgIpc) is 3.57. The number of nitrogens with one attached hydrogen (secondary N) is 1. The van der Waals surface area contributed by atoms with Gasteiger partial charge in [0.25, 0.3) is 11.8 Å². The molecule has 1 saturated heterocycles. The Balaban J connectivity index is 1.53. The number of nitrogens with zero attached hydrogens (tertiary/aromatic N) is 4. The molecule has 0 radical (unpaired) electrons. The summed E-state index contributed by atoms with van der Waals surface area (Å²) in [5, 5.41) is 7.13. The maximum Gasteiger partial charge on any atom is 0.417 e. The summed E-state index contributed by atoms with van der Waals surface area (Å²) in [4.78, 5) is 59.9. The fourth-order valence-electron chi connectivity index (χ4n) is 5.46. The van der Waals surface area contributed by atoms with E-state index >= 15 is 0 Å². The molecule has 4 heterocycles. The molecule has 13 heteroatoms. The second-order valence-corrected chi connectivity index (χ2v) is 13.9. The SMILES string of the molecule is COc1cc2c(cc1NC(=O)c1cnn3ccc(C4(C(=O)OC(C)(C)C)CCN(C(=O)OC(C)(C)C)C4=O)nc13)CC(C)(C)O2. The molecule has 240 valence electrons. The van der Waals surface area contributed by atoms with Gasteiger partial charge in [-0.2, -0.15) is 5.10 Å². The van der Waals surface area contributed by atoms with Crippen LogP contribution in [0, 0.1) is 0 Å². The Morgan fingerprint density at radius 3 is 2.38 bits per heavy atom. The number of carbonyl (C=O) groups is 4. The van der Waals surface area contributed by atoms with Crippen LogP contribution in [0.3, 0.4) is 0 Å². The van der Waals surface area contributed by atoms with Crippen LogP contribution in [-0.4, -0.2) is 73.8 Å². The van der Waals surface area contributed by atoms with Gasteiger partial charge in [0, 0.05) is 30.8 Å². The van der Waals surface area contributed by atoms with E-state index in [1.807, 2.05) is 19.9 Å². The number of methoxy groups -OCH3 is 1. The second kappa shape index (κ2) is 10.7. The van der Waals surface area contributed by atoms with E-state index in [0.29, 0.717) is 23.6 Å². The van der Waals surface area contributed by atoms with Crippen molar-refractivity contribution < 1.29 is 38.1 Å². The van der Waals surface area contributed by atoms with Gasteiger partial charge in [0.15, 0.2) is 11.1 Å². The van der Waals surface area contributed by atoms with Crippen LogP contribution in [0.2, 0.25) is 0 Å². The molecule has 2 aliphatic heterocycles. The van der Waals surface area contributed by atoms with Crippen molar-refractivity contribution in [3.8, 4) is 11.5 Å². The van der Waals surface area contributed by atoms with Gasteiger partial charge in [-0.05, 0) is 73.9 Å². The standard InChI is InChI=1S/C32H39N5O8/c1-29(2,3)44-27(40)32(11-13-36(26(32)39)28(41)45-30(4,5)6)23-10-12-37-24(35-23)19(17-33-37)25(38)34-20-14-18-16-31(7,8)43-21(18)15-22(20)42-9/h10,12,14-15,17H,11,13,16H2,1-9H3,(H,34,38). The minimum Gasteiger partial charge on any atom is -0.494 e. The van der Waals surface area contributed by atoms with E-state index < -0.39 is 40.5 Å². The summed E-state index contributed by atoms with van der Waals surface area (Å²) in [7, 11) is 1.50. The second-order valence-electron chi connectivity index (χ2n) is 13.9. The maximum absolute atomic E-state index is 14.0. The number of anilines is 1. The minimum absolute atomic E-state index is 0.0179. The van der Waals surface area contributed by atoms with E-state index in [-0.39, 0.29) is 35.5 Å². The number of hydrogen-bond donors (Lipinski definition) is 1. The number of hydrogen-bond acceptors (Lipinski definition) is 10. The Kier molecular flexibility index (Phi) is 7.57. The van der Waals surface area contributed by atoms with Crippen LogP contribution in [0.1, 0.15) is 83.4 Å². The summed E-state index contributed by atoms with van der Waals surface area (Å²) in [6.45, 7) is 14.0. The minimum atomic E-state index is -1.96. The van der Waals surface area contributed by atoms with Crippen molar-refractivity contribution in [2.45, 2.75) is 90.4 Å². The van der Waals surface area contributed by atoms with Crippen LogP contribution in [0.4, 0.5) is 10.5 Å². The number of likely N-dealkylation sites (tertiary alicyclic amines) is 1. The molecule has 0 spiro atoms. The Morgan fingerprint density at radius 2 is 1.73 bits per heavy atom. The van der Waals surface area contributed by atoms with Crippen molar-refractivity contribution >= 4 is 35.2 Å². The highest BCUT2D eigenvalue weighted by Crippen LogP contribution is 2.42. The lowest BCUT2D eigenvalue weighted by Gasteiger charge is -2.30. The molecule has 1 aromatic carbocycles. The third kappa shape index (κ3) is 6.03. The van der Waals surface area contributed by atoms with Gasteiger partial charge in [0.1, 0.15) is 33.9 Å². The number of carbonyl (C=O) groups excluding carboxylic acids is 4. The molecule has 1 atom stereocenters. The third-order valence-electron chi connectivity index (χ3n) is 7.37. The van der Waals surface area contributed by atoms with Crippen molar-refractivity contribution in [3.63, 3.8) is 0 Å². The largest absolute Gasteiger partial charge is 0.494 e. The first kappa shape index (κ1) is 31.7. The van der Waals surface area contributed by atoms with E-state index in [2.05, 4.69) is 15.4 Å². The Morgan fingerprint density at radius 1 is 1.04 bits per heavy atom. The number of rotatable bonds is 5. The van der Waals surface area contributed by atoms with Crippen LogP contribution in [-0.2, 0) is 30.9 Å². The highest BCUT2D eigenvalue weighted by Gasteiger charge is 2.59. The number of fused-ring (bicyclic) bond motifs is 2. The monoisotopic (exact) mass is 621 g/mol. The molecule has 1 unspecified atom stereocenters. The molecule has 3 amide bonds. The summed E-state index contributed by atoms with van der Waals surface area (Å²) < 4.78 is 24.0. The van der Waals surface area contributed by atoms with Gasteiger partial charge < -0.3 is 24.3 Å². The molecule has 0 aliphatic carbocycles. The highest BCUT2D eigenvalue weighted by atomic mass is 16.6. The van der Waals surface area contributed by atoms with Crippen molar-refractivity contribution in [2.75, 3.05) is 19.0 Å². The molecule has 3 aromatic rings. The number of aromatic nitrogens is 3. The summed E-state index contributed by atoms with van der Waals surface area (Å²) in [6.07, 6.45) is 2.53. The number of amides is 3. The number of esters is 1. The molecule has 0 bridgehead atoms. The molecule has 1 fully saturated rings. The highest BCUT2D eigenvalue weighted by molar-refractivity contribution is 6.14. The Bertz CT molecular complexity index is 1710. The van der Waals surface area contributed by atoms with Crippen molar-refractivity contribution in [1.29, 1.82) is 0 Å². The van der Waals surface area contributed by atoms with Gasteiger partial charge in [-0.25, -0.2) is 19.2 Å². The predicted octanol–water partition coefficient (Wildman–Crippen LogP) is 4.45. The summed E-state index contributed by atoms with van der Waals surface area (Å²) >= 11 is 0. The Labute approximate surface area is 261 Å². The quantitative estimate of drug-likeness (QED) is 0.320. The number of imide groups is 1. The van der Waals surface area contributed by atoms with Crippen LogP contribution in [0.25, 0.3) is 5.65 Å². The van der Waals surface area contributed by atoms with Crippen LogP contribution in [0.15, 0.2) is 30.6 Å². The molecule has 45 heavy (non-hydrogen) atoms. The first-order valence-electron chi connectivity index (χ1n) is 14.7. The fraction of sp³-hybridized carbons (Fsp3) is 0.500. The van der Waals surface area contributed by atoms with E-state index in [9.17, 15) is 19.2 Å². The third-order valence-corrected chi connectivity index (χ3v) is 7.37. The zero-order valence-corrected chi connectivity index (χ0v) is 27.1. The van der Waals surface area contributed by atoms with Crippen LogP contribution < -0.4 is 14.8 Å². The van der Waals surface area contributed by atoms with Gasteiger partial charge in [-0.3, -0.25) is 14.4 Å². The zero-order chi connectivity index (χ0) is 33.1. The number of ether oxygens (including phenoxy) is 4. The predicted molar refractivity (Wildman–Crippen MR) is 162 cm³/mol. The normalized spacial score (nSPS) is 19.2. The first-order chi connectivity index (χ1) is 20.8. The average molecular weight is 622 g/mol. The van der Waals surface area contributed by atoms with E-state index in [0.717, 1.165) is 10.5 Å². The van der Waals surface area contributed by atoms with Crippen LogP contribution >= 0.6 is 0 Å². The van der Waals surface area contributed by atoms with E-state index in [4.69, 9.17) is 18.9 Å². The first-order valence-corrected chi connectivity index (χ1v) is 14.7. The summed E-state index contributed by atoms with van der Waals surface area (Å²) in [5.41, 5.74) is -2.59. The molecule has 0 saturated carbocycles. The Hall–Kier alpha value is -4.68. The van der Waals surface area contributed by atoms with Crippen molar-refractivity contribution in [1.82, 2.24) is 19.5 Å². The summed E-state index contributed by atoms with van der Waals surface area (Å²) in [5.74, 6) is -1.12. The number of benzene rings is 1. The smallest absolute Gasteiger partial charge is 0.417 e. The fourth-order valence-corrected chi connectivity index (χ4v) is 5.46.